The quantitative estimate of drug-likeness (QED) is 0.655. The molecule has 0 saturated heterocycles. The fraction of sp³-hybridized carbons (Fsp3) is 0.304. The predicted molar refractivity (Wildman–Crippen MR) is 112 cm³/mol. The summed E-state index contributed by atoms with van der Waals surface area (Å²) in [6.07, 6.45) is 6.66. The van der Waals surface area contributed by atoms with Gasteiger partial charge in [-0.3, -0.25) is 4.98 Å². The molecule has 1 saturated carbocycles. The number of nitrogens with zero attached hydrogens (tertiary/aromatic N) is 3. The lowest BCUT2D eigenvalue weighted by molar-refractivity contribution is -0.0360. The van der Waals surface area contributed by atoms with Crippen LogP contribution in [0.5, 0.6) is 0 Å². The number of fused-ring (bicyclic) bond motifs is 2. The standard InChI is InChI=1S/C23H21ClFN3O2/c24-19-2-1-9-26-22(19)21(29)12-23(30)8-7-14-11-20-15(10-18(14)23)13-27-28(20)17-5-3-16(25)4-6-17/h1-6,9,11,13,18,21,29-30H,7-8,10,12H2/t18?,21?,23-/m1/s1. The zero-order valence-corrected chi connectivity index (χ0v) is 16.9. The first kappa shape index (κ1) is 19.4. The first-order chi connectivity index (χ1) is 14.4. The Kier molecular flexibility index (Phi) is 4.73. The second-order valence-electron chi connectivity index (χ2n) is 8.11. The lowest BCUT2D eigenvalue weighted by Crippen LogP contribution is -2.37. The van der Waals surface area contributed by atoms with E-state index in [1.165, 1.54) is 12.1 Å². The number of aliphatic hydroxyl groups excluding tert-OH is 1. The van der Waals surface area contributed by atoms with Crippen molar-refractivity contribution >= 4 is 17.7 Å². The van der Waals surface area contributed by atoms with Gasteiger partial charge in [-0.2, -0.15) is 5.10 Å². The molecule has 1 fully saturated rings. The highest BCUT2D eigenvalue weighted by Crippen LogP contribution is 2.49. The third-order valence-corrected chi connectivity index (χ3v) is 6.62. The number of benzene rings is 1. The molecule has 5 nitrogen and oxygen atoms in total. The Morgan fingerprint density at radius 2 is 2.07 bits per heavy atom. The number of hydrogen-bond acceptors (Lipinski definition) is 4. The average molecular weight is 426 g/mol. The smallest absolute Gasteiger partial charge is 0.123 e. The average Bonchev–Trinajstić information content (AvgIpc) is 3.29. The summed E-state index contributed by atoms with van der Waals surface area (Å²) in [7, 11) is 0. The maximum Gasteiger partial charge on any atom is 0.123 e. The van der Waals surface area contributed by atoms with Gasteiger partial charge in [-0.05, 0) is 67.3 Å². The zero-order valence-electron chi connectivity index (χ0n) is 16.2. The van der Waals surface area contributed by atoms with E-state index in [1.54, 1.807) is 41.3 Å². The van der Waals surface area contributed by atoms with Gasteiger partial charge in [0, 0.05) is 18.5 Å². The summed E-state index contributed by atoms with van der Waals surface area (Å²) in [6.45, 7) is 0. The molecule has 2 aliphatic carbocycles. The van der Waals surface area contributed by atoms with Crippen molar-refractivity contribution in [3.8, 4) is 5.69 Å². The maximum atomic E-state index is 13.3. The van der Waals surface area contributed by atoms with Gasteiger partial charge in [0.25, 0.3) is 0 Å². The summed E-state index contributed by atoms with van der Waals surface area (Å²) in [6, 6.07) is 9.64. The summed E-state index contributed by atoms with van der Waals surface area (Å²) in [5.74, 6) is -0.376. The molecular weight excluding hydrogens is 405 g/mol. The van der Waals surface area contributed by atoms with Crippen LogP contribution in [0.2, 0.25) is 5.02 Å². The maximum absolute atomic E-state index is 13.3. The van der Waals surface area contributed by atoms with Gasteiger partial charge in [0.05, 0.1) is 33.9 Å². The summed E-state index contributed by atoms with van der Waals surface area (Å²) < 4.78 is 15.1. The van der Waals surface area contributed by atoms with Gasteiger partial charge in [0.15, 0.2) is 0 Å². The van der Waals surface area contributed by atoms with E-state index >= 15 is 0 Å². The molecule has 5 rings (SSSR count). The Morgan fingerprint density at radius 3 is 2.83 bits per heavy atom. The first-order valence-electron chi connectivity index (χ1n) is 9.99. The molecule has 2 unspecified atom stereocenters. The van der Waals surface area contributed by atoms with Crippen molar-refractivity contribution in [1.29, 1.82) is 0 Å². The SMILES string of the molecule is OC(C[C@]1(O)CCC2=Cc3c(cnn3-c3ccc(F)cc3)CC21)c1ncccc1Cl. The van der Waals surface area contributed by atoms with Gasteiger partial charge in [0.1, 0.15) is 11.9 Å². The lowest BCUT2D eigenvalue weighted by Gasteiger charge is -2.34. The molecule has 1 aromatic carbocycles. The molecule has 0 radical (unpaired) electrons. The number of rotatable bonds is 4. The third kappa shape index (κ3) is 3.25. The molecule has 0 spiro atoms. The van der Waals surface area contributed by atoms with Crippen LogP contribution in [-0.2, 0) is 6.42 Å². The summed E-state index contributed by atoms with van der Waals surface area (Å²) >= 11 is 6.18. The summed E-state index contributed by atoms with van der Waals surface area (Å²) in [5, 5.41) is 27.0. The molecule has 2 N–H and O–H groups in total. The highest BCUT2D eigenvalue weighted by molar-refractivity contribution is 6.31. The molecule has 7 heteroatoms. The molecule has 3 atom stereocenters. The molecule has 3 aromatic rings. The van der Waals surface area contributed by atoms with Crippen molar-refractivity contribution in [3.63, 3.8) is 0 Å². The van der Waals surface area contributed by atoms with Crippen molar-refractivity contribution in [2.24, 2.45) is 5.92 Å². The van der Waals surface area contributed by atoms with Crippen LogP contribution in [0.15, 0.2) is 54.4 Å². The second-order valence-corrected chi connectivity index (χ2v) is 8.52. The molecule has 2 aliphatic rings. The van der Waals surface area contributed by atoms with E-state index in [0.29, 0.717) is 23.6 Å². The Hall–Kier alpha value is -2.54. The van der Waals surface area contributed by atoms with Crippen molar-refractivity contribution in [2.75, 3.05) is 0 Å². The van der Waals surface area contributed by atoms with Crippen molar-refractivity contribution in [3.05, 3.63) is 82.2 Å². The highest BCUT2D eigenvalue weighted by atomic mass is 35.5. The van der Waals surface area contributed by atoms with Crippen LogP contribution < -0.4 is 0 Å². The van der Waals surface area contributed by atoms with E-state index in [0.717, 1.165) is 28.9 Å². The van der Waals surface area contributed by atoms with Crippen LogP contribution >= 0.6 is 11.6 Å². The number of aromatic nitrogens is 3. The third-order valence-electron chi connectivity index (χ3n) is 6.30. The second kappa shape index (κ2) is 7.30. The van der Waals surface area contributed by atoms with Crippen LogP contribution in [-0.4, -0.2) is 30.6 Å². The van der Waals surface area contributed by atoms with Crippen LogP contribution in [0, 0.1) is 11.7 Å². The van der Waals surface area contributed by atoms with E-state index in [9.17, 15) is 14.6 Å². The first-order valence-corrected chi connectivity index (χ1v) is 10.4. The zero-order chi connectivity index (χ0) is 20.9. The summed E-state index contributed by atoms with van der Waals surface area (Å²) in [4.78, 5) is 4.19. The van der Waals surface area contributed by atoms with Gasteiger partial charge < -0.3 is 10.2 Å². The largest absolute Gasteiger partial charge is 0.389 e. The lowest BCUT2D eigenvalue weighted by atomic mass is 9.77. The minimum atomic E-state index is -1.04. The van der Waals surface area contributed by atoms with Gasteiger partial charge >= 0.3 is 0 Å². The molecule has 30 heavy (non-hydrogen) atoms. The number of halogens is 2. The van der Waals surface area contributed by atoms with Gasteiger partial charge in [-0.25, -0.2) is 9.07 Å². The van der Waals surface area contributed by atoms with E-state index in [2.05, 4.69) is 16.2 Å². The van der Waals surface area contributed by atoms with Gasteiger partial charge in [-0.1, -0.05) is 17.2 Å². The Balaban J connectivity index is 1.42. The molecule has 154 valence electrons. The topological polar surface area (TPSA) is 71.2 Å². The van der Waals surface area contributed by atoms with Crippen LogP contribution in [0.3, 0.4) is 0 Å². The fourth-order valence-corrected chi connectivity index (χ4v) is 5.00. The molecule has 0 amide bonds. The number of hydrogen-bond donors (Lipinski definition) is 2. The van der Waals surface area contributed by atoms with Crippen LogP contribution in [0.25, 0.3) is 11.8 Å². The Bertz CT molecular complexity index is 1130. The van der Waals surface area contributed by atoms with Gasteiger partial charge in [0.2, 0.25) is 0 Å². The van der Waals surface area contributed by atoms with E-state index in [4.69, 9.17) is 11.6 Å². The number of pyridine rings is 1. The van der Waals surface area contributed by atoms with Crippen LogP contribution in [0.1, 0.15) is 42.3 Å². The minimum Gasteiger partial charge on any atom is -0.389 e. The number of aliphatic hydroxyl groups is 2. The molecule has 0 aliphatic heterocycles. The Labute approximate surface area is 178 Å². The van der Waals surface area contributed by atoms with Crippen molar-refractivity contribution < 1.29 is 14.6 Å². The minimum absolute atomic E-state index is 0.0898. The molecule has 2 heterocycles. The van der Waals surface area contributed by atoms with E-state index < -0.39 is 11.7 Å². The van der Waals surface area contributed by atoms with Crippen molar-refractivity contribution in [2.45, 2.75) is 37.4 Å². The molecular formula is C23H21ClFN3O2. The fourth-order valence-electron chi connectivity index (χ4n) is 4.75. The molecule has 2 aromatic heterocycles. The highest BCUT2D eigenvalue weighted by Gasteiger charge is 2.47. The monoisotopic (exact) mass is 425 g/mol. The van der Waals surface area contributed by atoms with E-state index in [-0.39, 0.29) is 18.2 Å². The predicted octanol–water partition coefficient (Wildman–Crippen LogP) is 4.26. The van der Waals surface area contributed by atoms with Crippen molar-refractivity contribution in [1.82, 2.24) is 14.8 Å². The Morgan fingerprint density at radius 1 is 1.27 bits per heavy atom. The van der Waals surface area contributed by atoms with E-state index in [1.807, 2.05) is 0 Å². The summed E-state index contributed by atoms with van der Waals surface area (Å²) in [5.41, 5.74) is 3.28. The van der Waals surface area contributed by atoms with Gasteiger partial charge in [-0.15, -0.1) is 0 Å². The van der Waals surface area contributed by atoms with Crippen LogP contribution in [0.4, 0.5) is 4.39 Å². The molecule has 0 bridgehead atoms. The normalized spacial score (nSPS) is 23.6.